The molecule has 22 heavy (non-hydrogen) atoms. The zero-order chi connectivity index (χ0) is 16.3. The van der Waals surface area contributed by atoms with Gasteiger partial charge in [0.15, 0.2) is 0 Å². The molecular weight excluding hydrogens is 311 g/mol. The third-order valence-electron chi connectivity index (χ3n) is 3.47. The van der Waals surface area contributed by atoms with Gasteiger partial charge >= 0.3 is 0 Å². The highest BCUT2D eigenvalue weighted by atomic mass is 32.2. The SMILES string of the molecule is CS(=O)(=O)N1C(=O)CCC1C(=O)NCCc1ccccc1F. The number of halogens is 1. The molecule has 2 amide bonds. The first-order valence-corrected chi connectivity index (χ1v) is 8.69. The van der Waals surface area contributed by atoms with Crippen LogP contribution < -0.4 is 5.32 Å². The van der Waals surface area contributed by atoms with Crippen LogP contribution in [0.15, 0.2) is 24.3 Å². The lowest BCUT2D eigenvalue weighted by atomic mass is 10.1. The molecule has 1 aromatic rings. The Balaban J connectivity index is 1.95. The fraction of sp³-hybridized carbons (Fsp3) is 0.429. The van der Waals surface area contributed by atoms with Crippen LogP contribution in [0, 0.1) is 5.82 Å². The van der Waals surface area contributed by atoms with E-state index in [1.165, 1.54) is 6.07 Å². The smallest absolute Gasteiger partial charge is 0.244 e. The Morgan fingerprint density at radius 3 is 2.73 bits per heavy atom. The highest BCUT2D eigenvalue weighted by Crippen LogP contribution is 2.21. The molecule has 1 aromatic carbocycles. The van der Waals surface area contributed by atoms with Crippen molar-refractivity contribution >= 4 is 21.8 Å². The minimum absolute atomic E-state index is 0.0263. The summed E-state index contributed by atoms with van der Waals surface area (Å²) in [6.07, 6.45) is 1.38. The van der Waals surface area contributed by atoms with Crippen molar-refractivity contribution in [3.05, 3.63) is 35.6 Å². The predicted molar refractivity (Wildman–Crippen MR) is 77.8 cm³/mol. The summed E-state index contributed by atoms with van der Waals surface area (Å²) in [6.45, 7) is 0.169. The largest absolute Gasteiger partial charge is 0.354 e. The van der Waals surface area contributed by atoms with Gasteiger partial charge in [-0.2, -0.15) is 0 Å². The molecular formula is C14H17FN2O4S. The van der Waals surface area contributed by atoms with Crippen molar-refractivity contribution in [2.45, 2.75) is 25.3 Å². The number of hydrogen-bond acceptors (Lipinski definition) is 4. The molecule has 1 aliphatic rings. The van der Waals surface area contributed by atoms with E-state index < -0.39 is 27.9 Å². The van der Waals surface area contributed by atoms with E-state index in [2.05, 4.69) is 5.32 Å². The number of amides is 2. The number of benzene rings is 1. The maximum absolute atomic E-state index is 13.4. The third-order valence-corrected chi connectivity index (χ3v) is 4.64. The van der Waals surface area contributed by atoms with Gasteiger partial charge in [0, 0.05) is 13.0 Å². The highest BCUT2D eigenvalue weighted by molar-refractivity contribution is 7.89. The summed E-state index contributed by atoms with van der Waals surface area (Å²) in [7, 11) is -3.77. The number of rotatable bonds is 5. The van der Waals surface area contributed by atoms with Crippen molar-refractivity contribution in [3.63, 3.8) is 0 Å². The standard InChI is InChI=1S/C14H17FN2O4S/c1-22(20,21)17-12(6-7-13(17)18)14(19)16-9-8-10-4-2-3-5-11(10)15/h2-5,12H,6-9H2,1H3,(H,16,19). The molecule has 2 rings (SSSR count). The normalized spacial score (nSPS) is 18.5. The zero-order valence-electron chi connectivity index (χ0n) is 12.1. The van der Waals surface area contributed by atoms with E-state index in [0.29, 0.717) is 9.87 Å². The van der Waals surface area contributed by atoms with Gasteiger partial charge in [-0.25, -0.2) is 17.1 Å². The average molecular weight is 328 g/mol. The number of nitrogens with zero attached hydrogens (tertiary/aromatic N) is 1. The predicted octanol–water partition coefficient (Wildman–Crippen LogP) is 0.435. The Labute approximate surface area is 128 Å². The molecule has 0 radical (unpaired) electrons. The van der Waals surface area contributed by atoms with E-state index in [0.717, 1.165) is 6.26 Å². The minimum Gasteiger partial charge on any atom is -0.354 e. The summed E-state index contributed by atoms with van der Waals surface area (Å²) < 4.78 is 37.2. The van der Waals surface area contributed by atoms with Crippen LogP contribution >= 0.6 is 0 Å². The molecule has 0 spiro atoms. The van der Waals surface area contributed by atoms with E-state index in [1.54, 1.807) is 18.2 Å². The highest BCUT2D eigenvalue weighted by Gasteiger charge is 2.41. The number of hydrogen-bond donors (Lipinski definition) is 1. The second-order valence-electron chi connectivity index (χ2n) is 5.14. The fourth-order valence-electron chi connectivity index (χ4n) is 2.45. The summed E-state index contributed by atoms with van der Waals surface area (Å²) in [4.78, 5) is 23.7. The Morgan fingerprint density at radius 2 is 2.09 bits per heavy atom. The molecule has 0 bridgehead atoms. The van der Waals surface area contributed by atoms with Crippen molar-refractivity contribution in [2.24, 2.45) is 0 Å². The van der Waals surface area contributed by atoms with Crippen LogP contribution in [0.3, 0.4) is 0 Å². The van der Waals surface area contributed by atoms with Crippen LogP contribution in [0.1, 0.15) is 18.4 Å². The summed E-state index contributed by atoms with van der Waals surface area (Å²) in [5.74, 6) is -1.46. The molecule has 8 heteroatoms. The summed E-state index contributed by atoms with van der Waals surface area (Å²) in [6, 6.07) is 5.21. The van der Waals surface area contributed by atoms with E-state index in [4.69, 9.17) is 0 Å². The van der Waals surface area contributed by atoms with Crippen LogP contribution in [0.4, 0.5) is 4.39 Å². The van der Waals surface area contributed by atoms with Crippen molar-refractivity contribution in [2.75, 3.05) is 12.8 Å². The monoisotopic (exact) mass is 328 g/mol. The maximum atomic E-state index is 13.4. The van der Waals surface area contributed by atoms with E-state index in [-0.39, 0.29) is 31.6 Å². The first-order valence-electron chi connectivity index (χ1n) is 6.84. The molecule has 0 aliphatic carbocycles. The molecule has 120 valence electrons. The summed E-state index contributed by atoms with van der Waals surface area (Å²) in [5.41, 5.74) is 0.463. The van der Waals surface area contributed by atoms with Crippen LogP contribution in [0.5, 0.6) is 0 Å². The van der Waals surface area contributed by atoms with Gasteiger partial charge in [0.25, 0.3) is 0 Å². The van der Waals surface area contributed by atoms with Crippen molar-refractivity contribution in [3.8, 4) is 0 Å². The molecule has 1 fully saturated rings. The fourth-order valence-corrected chi connectivity index (χ4v) is 3.58. The number of carbonyl (C=O) groups excluding carboxylic acids is 2. The molecule has 1 aliphatic heterocycles. The molecule has 1 unspecified atom stereocenters. The van der Waals surface area contributed by atoms with E-state index >= 15 is 0 Å². The molecule has 6 nitrogen and oxygen atoms in total. The van der Waals surface area contributed by atoms with Crippen LogP contribution in [0.2, 0.25) is 0 Å². The van der Waals surface area contributed by atoms with Crippen LogP contribution in [-0.2, 0) is 26.0 Å². The first kappa shape index (κ1) is 16.4. The molecule has 1 atom stereocenters. The zero-order valence-corrected chi connectivity index (χ0v) is 12.9. The first-order chi connectivity index (χ1) is 10.3. The summed E-state index contributed by atoms with van der Waals surface area (Å²) in [5, 5.41) is 2.56. The number of sulfonamides is 1. The van der Waals surface area contributed by atoms with Gasteiger partial charge in [0.05, 0.1) is 6.26 Å². The Hall–Kier alpha value is -1.96. The van der Waals surface area contributed by atoms with Crippen molar-refractivity contribution < 1.29 is 22.4 Å². The van der Waals surface area contributed by atoms with Gasteiger partial charge in [-0.05, 0) is 24.5 Å². The molecule has 1 saturated heterocycles. The second-order valence-corrected chi connectivity index (χ2v) is 7.00. The van der Waals surface area contributed by atoms with Gasteiger partial charge in [-0.3, -0.25) is 9.59 Å². The van der Waals surface area contributed by atoms with E-state index in [9.17, 15) is 22.4 Å². The van der Waals surface area contributed by atoms with Gasteiger partial charge in [0.1, 0.15) is 11.9 Å². The molecule has 0 aromatic heterocycles. The molecule has 1 heterocycles. The number of nitrogens with one attached hydrogen (secondary N) is 1. The van der Waals surface area contributed by atoms with Gasteiger partial charge in [0.2, 0.25) is 21.8 Å². The van der Waals surface area contributed by atoms with Crippen LogP contribution in [0.25, 0.3) is 0 Å². The van der Waals surface area contributed by atoms with Gasteiger partial charge in [-0.15, -0.1) is 0 Å². The lowest BCUT2D eigenvalue weighted by molar-refractivity contribution is -0.130. The minimum atomic E-state index is -3.77. The summed E-state index contributed by atoms with van der Waals surface area (Å²) >= 11 is 0. The lowest BCUT2D eigenvalue weighted by Gasteiger charge is -2.21. The second kappa shape index (κ2) is 6.43. The van der Waals surface area contributed by atoms with Crippen molar-refractivity contribution in [1.29, 1.82) is 0 Å². The van der Waals surface area contributed by atoms with Gasteiger partial charge in [-0.1, -0.05) is 18.2 Å². The quantitative estimate of drug-likeness (QED) is 0.850. The molecule has 0 saturated carbocycles. The maximum Gasteiger partial charge on any atom is 0.244 e. The molecule has 1 N–H and O–H groups in total. The van der Waals surface area contributed by atoms with Crippen molar-refractivity contribution in [1.82, 2.24) is 9.62 Å². The topological polar surface area (TPSA) is 83.6 Å². The average Bonchev–Trinajstić information content (AvgIpc) is 2.83. The van der Waals surface area contributed by atoms with Gasteiger partial charge < -0.3 is 5.32 Å². The Kier molecular flexibility index (Phi) is 4.80. The Bertz CT molecular complexity index is 690. The Morgan fingerprint density at radius 1 is 1.41 bits per heavy atom. The van der Waals surface area contributed by atoms with E-state index in [1.807, 2.05) is 0 Å². The lowest BCUT2D eigenvalue weighted by Crippen LogP contribution is -2.47. The number of carbonyl (C=O) groups is 2. The van der Waals surface area contributed by atoms with Crippen LogP contribution in [-0.4, -0.2) is 43.4 Å². The third kappa shape index (κ3) is 3.62.